The average molecular weight is 250 g/mol. The largest absolute Gasteiger partial charge is 0.494 e. The number of carbonyl (C=O) groups is 1. The predicted octanol–water partition coefficient (Wildman–Crippen LogP) is 3.44. The van der Waals surface area contributed by atoms with Crippen molar-refractivity contribution in [3.63, 3.8) is 0 Å². The van der Waals surface area contributed by atoms with Gasteiger partial charge in [-0.05, 0) is 42.1 Å². The number of hydrogen-bond acceptors (Lipinski definition) is 3. The Kier molecular flexibility index (Phi) is 3.24. The van der Waals surface area contributed by atoms with E-state index in [-0.39, 0.29) is 11.5 Å². The van der Waals surface area contributed by atoms with E-state index in [2.05, 4.69) is 0 Å². The number of hydrogen-bond donors (Lipinski definition) is 0. The third kappa shape index (κ3) is 2.22. The second kappa shape index (κ2) is 4.67. The van der Waals surface area contributed by atoms with Gasteiger partial charge in [-0.1, -0.05) is 0 Å². The van der Waals surface area contributed by atoms with Crippen LogP contribution in [0.5, 0.6) is 5.75 Å². The number of thiophene rings is 1. The van der Waals surface area contributed by atoms with Crippen molar-refractivity contribution in [2.75, 3.05) is 7.11 Å². The third-order valence-electron chi connectivity index (χ3n) is 2.48. The maximum absolute atomic E-state index is 13.2. The zero-order valence-electron chi connectivity index (χ0n) is 9.49. The van der Waals surface area contributed by atoms with Crippen molar-refractivity contribution in [1.82, 2.24) is 0 Å². The Morgan fingerprint density at radius 3 is 2.71 bits per heavy atom. The van der Waals surface area contributed by atoms with E-state index in [4.69, 9.17) is 4.74 Å². The van der Waals surface area contributed by atoms with Crippen LogP contribution in [-0.4, -0.2) is 12.9 Å². The van der Waals surface area contributed by atoms with Crippen molar-refractivity contribution in [3.05, 3.63) is 51.5 Å². The van der Waals surface area contributed by atoms with Crippen molar-refractivity contribution >= 4 is 17.1 Å². The lowest BCUT2D eigenvalue weighted by Crippen LogP contribution is -2.01. The molecule has 0 saturated carbocycles. The van der Waals surface area contributed by atoms with Gasteiger partial charge in [0, 0.05) is 5.56 Å². The maximum atomic E-state index is 13.2. The first kappa shape index (κ1) is 11.8. The van der Waals surface area contributed by atoms with Crippen LogP contribution >= 0.6 is 11.3 Å². The van der Waals surface area contributed by atoms with Gasteiger partial charge in [-0.25, -0.2) is 4.39 Å². The molecule has 2 rings (SSSR count). The summed E-state index contributed by atoms with van der Waals surface area (Å²) in [7, 11) is 1.38. The molecule has 1 heterocycles. The molecule has 0 aliphatic heterocycles. The Bertz CT molecular complexity index is 560. The topological polar surface area (TPSA) is 26.3 Å². The lowest BCUT2D eigenvalue weighted by atomic mass is 10.1. The molecule has 1 aromatic heterocycles. The maximum Gasteiger partial charge on any atom is 0.203 e. The second-order valence-electron chi connectivity index (χ2n) is 3.61. The lowest BCUT2D eigenvalue weighted by Gasteiger charge is -2.04. The van der Waals surface area contributed by atoms with Gasteiger partial charge in [0.1, 0.15) is 0 Å². The summed E-state index contributed by atoms with van der Waals surface area (Å²) in [4.78, 5) is 12.8. The van der Waals surface area contributed by atoms with Crippen LogP contribution in [0.1, 0.15) is 20.8 Å². The first-order chi connectivity index (χ1) is 8.13. The van der Waals surface area contributed by atoms with Gasteiger partial charge in [-0.15, -0.1) is 11.3 Å². The fourth-order valence-electron chi connectivity index (χ4n) is 1.54. The minimum Gasteiger partial charge on any atom is -0.494 e. The highest BCUT2D eigenvalue weighted by molar-refractivity contribution is 7.12. The summed E-state index contributed by atoms with van der Waals surface area (Å²) in [6, 6.07) is 6.03. The second-order valence-corrected chi connectivity index (χ2v) is 4.53. The quantitative estimate of drug-likeness (QED) is 0.780. The van der Waals surface area contributed by atoms with Crippen LogP contribution in [0.2, 0.25) is 0 Å². The van der Waals surface area contributed by atoms with Gasteiger partial charge in [0.2, 0.25) is 5.78 Å². The monoisotopic (exact) mass is 250 g/mol. The zero-order valence-corrected chi connectivity index (χ0v) is 10.3. The number of ether oxygens (including phenoxy) is 1. The summed E-state index contributed by atoms with van der Waals surface area (Å²) < 4.78 is 18.1. The fourth-order valence-corrected chi connectivity index (χ4v) is 2.42. The molecule has 0 unspecified atom stereocenters. The van der Waals surface area contributed by atoms with Crippen LogP contribution < -0.4 is 4.74 Å². The molecule has 2 nitrogen and oxygen atoms in total. The Hall–Kier alpha value is -1.68. The SMILES string of the molecule is COc1cc(C(=O)c2sccc2C)ccc1F. The molecule has 0 bridgehead atoms. The van der Waals surface area contributed by atoms with Gasteiger partial charge in [0.05, 0.1) is 12.0 Å². The minimum atomic E-state index is -0.466. The van der Waals surface area contributed by atoms with Gasteiger partial charge in [0.25, 0.3) is 0 Å². The Morgan fingerprint density at radius 2 is 2.12 bits per heavy atom. The van der Waals surface area contributed by atoms with E-state index >= 15 is 0 Å². The molecule has 0 aliphatic carbocycles. The van der Waals surface area contributed by atoms with E-state index in [1.165, 1.54) is 36.6 Å². The van der Waals surface area contributed by atoms with E-state index in [1.807, 2.05) is 18.4 Å². The van der Waals surface area contributed by atoms with Crippen molar-refractivity contribution in [2.45, 2.75) is 6.92 Å². The van der Waals surface area contributed by atoms with Gasteiger partial charge in [-0.2, -0.15) is 0 Å². The van der Waals surface area contributed by atoms with Crippen LogP contribution in [0, 0.1) is 12.7 Å². The molecule has 0 amide bonds. The Labute approximate surface area is 103 Å². The number of rotatable bonds is 3. The van der Waals surface area contributed by atoms with Gasteiger partial charge < -0.3 is 4.74 Å². The van der Waals surface area contributed by atoms with Gasteiger partial charge in [0.15, 0.2) is 11.6 Å². The smallest absolute Gasteiger partial charge is 0.203 e. The Balaban J connectivity index is 2.41. The van der Waals surface area contributed by atoms with E-state index in [1.54, 1.807) is 0 Å². The summed E-state index contributed by atoms with van der Waals surface area (Å²) >= 11 is 1.39. The molecule has 0 N–H and O–H groups in total. The summed E-state index contributed by atoms with van der Waals surface area (Å²) in [5.41, 5.74) is 1.37. The highest BCUT2D eigenvalue weighted by atomic mass is 32.1. The summed E-state index contributed by atoms with van der Waals surface area (Å²) in [6.45, 7) is 1.88. The summed E-state index contributed by atoms with van der Waals surface area (Å²) in [5, 5.41) is 1.86. The minimum absolute atomic E-state index is 0.0880. The molecule has 0 fully saturated rings. The molecule has 1 aromatic carbocycles. The lowest BCUT2D eigenvalue weighted by molar-refractivity contribution is 0.104. The van der Waals surface area contributed by atoms with Crippen molar-refractivity contribution in [1.29, 1.82) is 0 Å². The van der Waals surface area contributed by atoms with Crippen molar-refractivity contribution in [3.8, 4) is 5.75 Å². The molecule has 0 saturated heterocycles. The molecule has 88 valence electrons. The number of methoxy groups -OCH3 is 1. The molecular weight excluding hydrogens is 239 g/mol. The first-order valence-corrected chi connectivity index (χ1v) is 5.94. The Morgan fingerprint density at radius 1 is 1.35 bits per heavy atom. The molecule has 0 atom stereocenters. The summed E-state index contributed by atoms with van der Waals surface area (Å²) in [5.74, 6) is -0.479. The molecule has 2 aromatic rings. The van der Waals surface area contributed by atoms with Crippen molar-refractivity contribution in [2.24, 2.45) is 0 Å². The van der Waals surface area contributed by atoms with Gasteiger partial charge in [-0.3, -0.25) is 4.79 Å². The van der Waals surface area contributed by atoms with Crippen LogP contribution in [0.3, 0.4) is 0 Å². The van der Waals surface area contributed by atoms with Crippen LogP contribution in [0.4, 0.5) is 4.39 Å². The van der Waals surface area contributed by atoms with Crippen LogP contribution in [0.25, 0.3) is 0 Å². The van der Waals surface area contributed by atoms with E-state index in [0.29, 0.717) is 10.4 Å². The highest BCUT2D eigenvalue weighted by Gasteiger charge is 2.15. The zero-order chi connectivity index (χ0) is 12.4. The van der Waals surface area contributed by atoms with Crippen molar-refractivity contribution < 1.29 is 13.9 Å². The normalized spacial score (nSPS) is 10.3. The van der Waals surface area contributed by atoms with E-state index in [9.17, 15) is 9.18 Å². The molecule has 0 radical (unpaired) electrons. The molecule has 0 spiro atoms. The number of aryl methyl sites for hydroxylation is 1. The number of halogens is 1. The summed E-state index contributed by atoms with van der Waals surface area (Å²) in [6.07, 6.45) is 0. The number of ketones is 1. The highest BCUT2D eigenvalue weighted by Crippen LogP contribution is 2.24. The van der Waals surface area contributed by atoms with Crippen LogP contribution in [-0.2, 0) is 0 Å². The average Bonchev–Trinajstić information content (AvgIpc) is 2.75. The molecule has 17 heavy (non-hydrogen) atoms. The number of carbonyl (C=O) groups excluding carboxylic acids is 1. The van der Waals surface area contributed by atoms with Gasteiger partial charge >= 0.3 is 0 Å². The molecule has 0 aliphatic rings. The molecule has 4 heteroatoms. The predicted molar refractivity (Wildman–Crippen MR) is 65.4 cm³/mol. The van der Waals surface area contributed by atoms with E-state index < -0.39 is 5.82 Å². The fraction of sp³-hybridized carbons (Fsp3) is 0.154. The first-order valence-electron chi connectivity index (χ1n) is 5.06. The van der Waals surface area contributed by atoms with Crippen LogP contribution in [0.15, 0.2) is 29.6 Å². The van der Waals surface area contributed by atoms with E-state index in [0.717, 1.165) is 5.56 Å². The molecular formula is C13H11FO2S. The standard InChI is InChI=1S/C13H11FO2S/c1-8-5-6-17-13(8)12(15)9-3-4-10(14)11(7-9)16-2/h3-7H,1-2H3. The third-order valence-corrected chi connectivity index (χ3v) is 3.50. The number of benzene rings is 1.